The third kappa shape index (κ3) is 5.81. The van der Waals surface area contributed by atoms with Crippen LogP contribution >= 0.6 is 24.0 Å². The van der Waals surface area contributed by atoms with Crippen molar-refractivity contribution in [3.05, 3.63) is 29.4 Å². The van der Waals surface area contributed by atoms with Gasteiger partial charge in [0.05, 0.1) is 13.1 Å². The first-order valence-corrected chi connectivity index (χ1v) is 8.24. The molecule has 0 bridgehead atoms. The summed E-state index contributed by atoms with van der Waals surface area (Å²) in [5.74, 6) is 2.20. The van der Waals surface area contributed by atoms with Gasteiger partial charge in [0.1, 0.15) is 5.75 Å². The van der Waals surface area contributed by atoms with Crippen molar-refractivity contribution >= 4 is 29.9 Å². The summed E-state index contributed by atoms with van der Waals surface area (Å²) in [7, 11) is 0. The topological polar surface area (TPSA) is 103 Å². The van der Waals surface area contributed by atoms with Crippen molar-refractivity contribution in [2.45, 2.75) is 33.5 Å². The van der Waals surface area contributed by atoms with Crippen molar-refractivity contribution in [3.8, 4) is 17.2 Å². The molecule has 0 fully saturated rings. The largest absolute Gasteiger partial charge is 0.454 e. The van der Waals surface area contributed by atoms with E-state index in [0.29, 0.717) is 47.8 Å². The van der Waals surface area contributed by atoms with E-state index >= 15 is 0 Å². The quantitative estimate of drug-likeness (QED) is 0.333. The van der Waals surface area contributed by atoms with Crippen LogP contribution in [0.25, 0.3) is 0 Å². The summed E-state index contributed by atoms with van der Waals surface area (Å²) in [6.07, 6.45) is 0. The fourth-order valence-corrected chi connectivity index (χ4v) is 2.38. The van der Waals surface area contributed by atoms with Crippen molar-refractivity contribution in [2.24, 2.45) is 4.99 Å². The summed E-state index contributed by atoms with van der Waals surface area (Å²) in [5, 5.41) is 9.88. The number of aliphatic imine (C=N–C) groups is 1. The van der Waals surface area contributed by atoms with Gasteiger partial charge in [-0.3, -0.25) is 0 Å². The van der Waals surface area contributed by atoms with Gasteiger partial charge in [0.15, 0.2) is 23.3 Å². The zero-order valence-corrected chi connectivity index (χ0v) is 17.5. The van der Waals surface area contributed by atoms with Gasteiger partial charge in [-0.15, -0.1) is 24.0 Å². The minimum absolute atomic E-state index is 0. The van der Waals surface area contributed by atoms with E-state index in [9.17, 15) is 8.78 Å². The summed E-state index contributed by atoms with van der Waals surface area (Å²) < 4.78 is 45.4. The molecule has 0 atom stereocenters. The predicted molar refractivity (Wildman–Crippen MR) is 105 cm³/mol. The van der Waals surface area contributed by atoms with Crippen molar-refractivity contribution in [1.29, 1.82) is 0 Å². The number of ether oxygens (including phenoxy) is 3. The molecule has 1 aromatic carbocycles. The molecule has 28 heavy (non-hydrogen) atoms. The lowest BCUT2D eigenvalue weighted by Gasteiger charge is -2.12. The first-order chi connectivity index (χ1) is 13.0. The first kappa shape index (κ1) is 21.9. The molecule has 0 spiro atoms. The van der Waals surface area contributed by atoms with E-state index in [0.717, 1.165) is 0 Å². The molecule has 1 aliphatic heterocycles. The summed E-state index contributed by atoms with van der Waals surface area (Å²) in [5.41, 5.74) is 0.437. The minimum Gasteiger partial charge on any atom is -0.454 e. The number of nitrogens with zero attached hydrogens (tertiary/aromatic N) is 3. The first-order valence-electron chi connectivity index (χ1n) is 8.24. The highest BCUT2D eigenvalue weighted by Crippen LogP contribution is 2.39. The maximum atomic E-state index is 12.7. The van der Waals surface area contributed by atoms with E-state index in [1.54, 1.807) is 13.0 Å². The second-order valence-corrected chi connectivity index (χ2v) is 5.47. The van der Waals surface area contributed by atoms with Crippen LogP contribution in [0.1, 0.15) is 24.2 Å². The van der Waals surface area contributed by atoms with Crippen LogP contribution in [0, 0.1) is 6.92 Å². The monoisotopic (exact) mass is 511 g/mol. The Labute approximate surface area is 176 Å². The van der Waals surface area contributed by atoms with Crippen LogP contribution in [0.3, 0.4) is 0 Å². The van der Waals surface area contributed by atoms with Crippen molar-refractivity contribution in [3.63, 3.8) is 0 Å². The number of nitrogens with one attached hydrogen (secondary N) is 2. The molecule has 3 rings (SSSR count). The van der Waals surface area contributed by atoms with Gasteiger partial charge in [0.2, 0.25) is 12.7 Å². The number of benzene rings is 1. The van der Waals surface area contributed by atoms with Crippen molar-refractivity contribution < 1.29 is 27.5 Å². The normalized spacial score (nSPS) is 12.7. The number of halogens is 3. The van der Waals surface area contributed by atoms with E-state index in [1.165, 1.54) is 6.07 Å². The molecule has 0 unspecified atom stereocenters. The van der Waals surface area contributed by atoms with Gasteiger partial charge in [0, 0.05) is 25.1 Å². The minimum atomic E-state index is -2.96. The third-order valence-electron chi connectivity index (χ3n) is 3.51. The number of aromatic nitrogens is 2. The molecule has 9 nitrogen and oxygen atoms in total. The molecule has 154 valence electrons. The van der Waals surface area contributed by atoms with E-state index in [1.807, 2.05) is 6.92 Å². The van der Waals surface area contributed by atoms with E-state index in [2.05, 4.69) is 30.5 Å². The number of alkyl halides is 2. The molecular weight excluding hydrogens is 491 g/mol. The van der Waals surface area contributed by atoms with Gasteiger partial charge in [-0.05, 0) is 13.0 Å². The Morgan fingerprint density at radius 3 is 2.68 bits per heavy atom. The molecule has 0 saturated heterocycles. The number of guanidine groups is 1. The summed E-state index contributed by atoms with van der Waals surface area (Å²) in [6.45, 7) is 1.66. The lowest BCUT2D eigenvalue weighted by Crippen LogP contribution is -2.37. The highest BCUT2D eigenvalue weighted by atomic mass is 127. The van der Waals surface area contributed by atoms with Crippen molar-refractivity contribution in [2.75, 3.05) is 13.3 Å². The highest BCUT2D eigenvalue weighted by Gasteiger charge is 2.20. The van der Waals surface area contributed by atoms with Crippen LogP contribution in [0.15, 0.2) is 21.6 Å². The molecule has 0 saturated carbocycles. The van der Waals surface area contributed by atoms with Gasteiger partial charge >= 0.3 is 6.61 Å². The lowest BCUT2D eigenvalue weighted by molar-refractivity contribution is -0.0505. The van der Waals surface area contributed by atoms with Crippen molar-refractivity contribution in [1.82, 2.24) is 20.8 Å². The SMILES string of the molecule is CCNC(=NCc1cc2c(cc1OC(F)F)OCO2)NCc1noc(C)n1.I. The zero-order valence-electron chi connectivity index (χ0n) is 15.2. The summed E-state index contributed by atoms with van der Waals surface area (Å²) in [6, 6.07) is 2.96. The third-order valence-corrected chi connectivity index (χ3v) is 3.51. The van der Waals surface area contributed by atoms with Gasteiger partial charge in [-0.1, -0.05) is 5.16 Å². The summed E-state index contributed by atoms with van der Waals surface area (Å²) >= 11 is 0. The Morgan fingerprint density at radius 2 is 2.04 bits per heavy atom. The number of fused-ring (bicyclic) bond motifs is 1. The van der Waals surface area contributed by atoms with Crippen LogP contribution in [0.2, 0.25) is 0 Å². The fraction of sp³-hybridized carbons (Fsp3) is 0.438. The number of hydrogen-bond donors (Lipinski definition) is 2. The molecule has 1 aliphatic rings. The Hall–Kier alpha value is -2.38. The van der Waals surface area contributed by atoms with Gasteiger partial charge < -0.3 is 29.4 Å². The molecule has 0 radical (unpaired) electrons. The standard InChI is InChI=1S/C16H19F2N5O4.HI/c1-3-19-16(21-7-14-22-9(2)27-23-14)20-6-10-4-12-13(25-8-24-12)5-11(10)26-15(17)18;/h4-5,15H,3,6-8H2,1-2H3,(H2,19,20,21);1H. The molecule has 0 amide bonds. The fourth-order valence-electron chi connectivity index (χ4n) is 2.38. The molecule has 2 N–H and O–H groups in total. The Morgan fingerprint density at radius 1 is 1.29 bits per heavy atom. The molecule has 2 heterocycles. The number of rotatable bonds is 7. The maximum Gasteiger partial charge on any atom is 0.387 e. The van der Waals surface area contributed by atoms with Crippen LogP contribution in [-0.4, -0.2) is 36.0 Å². The lowest BCUT2D eigenvalue weighted by atomic mass is 10.1. The molecule has 1 aromatic heterocycles. The molecule has 2 aromatic rings. The molecular formula is C16H20F2IN5O4. The maximum absolute atomic E-state index is 12.7. The smallest absolute Gasteiger partial charge is 0.387 e. The van der Waals surface area contributed by atoms with E-state index < -0.39 is 6.61 Å². The number of aryl methyl sites for hydroxylation is 1. The number of hydrogen-bond acceptors (Lipinski definition) is 7. The Bertz CT molecular complexity index is 818. The van der Waals surface area contributed by atoms with Crippen LogP contribution in [0.5, 0.6) is 17.2 Å². The van der Waals surface area contributed by atoms with E-state index in [4.69, 9.17) is 14.0 Å². The van der Waals surface area contributed by atoms with Gasteiger partial charge in [0.25, 0.3) is 0 Å². The van der Waals surface area contributed by atoms with Crippen LogP contribution < -0.4 is 24.8 Å². The zero-order chi connectivity index (χ0) is 19.2. The molecule has 0 aliphatic carbocycles. The van der Waals surface area contributed by atoms with Gasteiger partial charge in [-0.25, -0.2) is 4.99 Å². The Kier molecular flexibility index (Phi) is 8.02. The second-order valence-electron chi connectivity index (χ2n) is 5.47. The highest BCUT2D eigenvalue weighted by molar-refractivity contribution is 14.0. The summed E-state index contributed by atoms with van der Waals surface area (Å²) in [4.78, 5) is 8.48. The second kappa shape index (κ2) is 10.2. The van der Waals surface area contributed by atoms with E-state index in [-0.39, 0.29) is 43.1 Å². The molecule has 12 heteroatoms. The average molecular weight is 511 g/mol. The van der Waals surface area contributed by atoms with Crippen LogP contribution in [-0.2, 0) is 13.1 Å². The Balaban J connectivity index is 0.00000280. The van der Waals surface area contributed by atoms with Gasteiger partial charge in [-0.2, -0.15) is 13.8 Å². The average Bonchev–Trinajstić information content (AvgIpc) is 3.25. The predicted octanol–water partition coefficient (Wildman–Crippen LogP) is 2.58. The van der Waals surface area contributed by atoms with Crippen LogP contribution in [0.4, 0.5) is 8.78 Å².